The smallest absolute Gasteiger partial charge is 0.362 e. The van der Waals surface area contributed by atoms with Crippen LogP contribution in [0, 0.1) is 0 Å². The van der Waals surface area contributed by atoms with Gasteiger partial charge in [0.05, 0.1) is 0 Å². The van der Waals surface area contributed by atoms with E-state index in [1.54, 1.807) is 60.7 Å². The van der Waals surface area contributed by atoms with Crippen molar-refractivity contribution in [1.29, 1.82) is 0 Å². The van der Waals surface area contributed by atoms with Gasteiger partial charge in [0, 0.05) is 5.56 Å². The largest absolute Gasteiger partial charge is 0.422 e. The van der Waals surface area contributed by atoms with Crippen molar-refractivity contribution in [2.75, 3.05) is 0 Å². The fraction of sp³-hybridized carbons (Fsp3) is 0. The van der Waals surface area contributed by atoms with Gasteiger partial charge >= 0.3 is 11.9 Å². The fourth-order valence-electron chi connectivity index (χ4n) is 2.52. The number of rotatable bonds is 5. The monoisotopic (exact) mass is 386 g/mol. The Bertz CT molecular complexity index is 1060. The van der Waals surface area contributed by atoms with Crippen LogP contribution < -0.4 is 9.47 Å². The number of H-pyrrole nitrogens is 1. The van der Waals surface area contributed by atoms with Gasteiger partial charge in [-0.15, -0.1) is 0 Å². The van der Waals surface area contributed by atoms with Crippen LogP contribution in [0.1, 0.15) is 21.0 Å². The maximum atomic E-state index is 12.6. The highest BCUT2D eigenvalue weighted by Crippen LogP contribution is 2.20. The van der Waals surface area contributed by atoms with Crippen LogP contribution in [0.25, 0.3) is 11.4 Å². The Morgan fingerprint density at radius 3 is 1.72 bits per heavy atom. The van der Waals surface area contributed by atoms with E-state index in [0.717, 1.165) is 0 Å². The maximum Gasteiger partial charge on any atom is 0.362 e. The highest BCUT2D eigenvalue weighted by Gasteiger charge is 2.19. The molecule has 0 aliphatic rings. The topological polar surface area (TPSA) is 107 Å². The second kappa shape index (κ2) is 8.13. The minimum Gasteiger partial charge on any atom is -0.422 e. The van der Waals surface area contributed by atoms with E-state index in [0.29, 0.717) is 22.9 Å². The van der Waals surface area contributed by atoms with E-state index in [4.69, 9.17) is 9.47 Å². The molecule has 0 saturated heterocycles. The fourth-order valence-corrected chi connectivity index (χ4v) is 2.52. The van der Waals surface area contributed by atoms with Gasteiger partial charge in [-0.3, -0.25) is 5.10 Å². The lowest BCUT2D eigenvalue weighted by Crippen LogP contribution is -2.16. The molecule has 1 N–H and O–H groups in total. The number of aromatic nitrogens is 4. The van der Waals surface area contributed by atoms with Crippen molar-refractivity contribution in [1.82, 2.24) is 20.2 Å². The van der Waals surface area contributed by atoms with Crippen LogP contribution in [0.5, 0.6) is 11.5 Å². The summed E-state index contributed by atoms with van der Waals surface area (Å²) < 4.78 is 10.7. The molecule has 8 nitrogen and oxygen atoms in total. The molecule has 0 aliphatic heterocycles. The molecule has 2 heterocycles. The number of hydrogen-bond donors (Lipinski definition) is 1. The zero-order valence-electron chi connectivity index (χ0n) is 15.0. The van der Waals surface area contributed by atoms with Gasteiger partial charge in [-0.05, 0) is 36.4 Å². The number of carbonyl (C=O) groups excluding carboxylic acids is 2. The van der Waals surface area contributed by atoms with Crippen LogP contribution in [0.15, 0.2) is 79.1 Å². The molecule has 4 rings (SSSR count). The van der Waals surface area contributed by atoms with Crippen molar-refractivity contribution in [3.8, 4) is 22.9 Å². The summed E-state index contributed by atoms with van der Waals surface area (Å²) in [6.45, 7) is 0. The van der Waals surface area contributed by atoms with Crippen molar-refractivity contribution >= 4 is 11.9 Å². The van der Waals surface area contributed by atoms with Gasteiger partial charge < -0.3 is 9.47 Å². The van der Waals surface area contributed by atoms with E-state index in [1.807, 2.05) is 0 Å². The van der Waals surface area contributed by atoms with Crippen molar-refractivity contribution in [3.63, 3.8) is 0 Å². The lowest BCUT2D eigenvalue weighted by molar-refractivity contribution is 0.0722. The number of nitrogens with zero attached hydrogens (tertiary/aromatic N) is 3. The summed E-state index contributed by atoms with van der Waals surface area (Å²) in [5, 5.41) is 6.49. The Morgan fingerprint density at radius 1 is 0.759 bits per heavy atom. The lowest BCUT2D eigenvalue weighted by Gasteiger charge is -2.08. The molecule has 0 bridgehead atoms. The number of pyridine rings is 1. The number of para-hydroxylation sites is 2. The molecular formula is C21H14N4O4. The molecule has 0 spiro atoms. The Morgan fingerprint density at radius 2 is 1.28 bits per heavy atom. The molecule has 4 aromatic rings. The van der Waals surface area contributed by atoms with Crippen LogP contribution in [0.2, 0.25) is 0 Å². The third kappa shape index (κ3) is 4.33. The Kier molecular flexibility index (Phi) is 5.06. The maximum absolute atomic E-state index is 12.6. The van der Waals surface area contributed by atoms with Gasteiger partial charge in [0.25, 0.3) is 0 Å². The predicted octanol–water partition coefficient (Wildman–Crippen LogP) is 3.31. The molecule has 0 saturated carbocycles. The molecule has 0 atom stereocenters. The van der Waals surface area contributed by atoms with Gasteiger partial charge in [-0.1, -0.05) is 36.4 Å². The standard InChI is InChI=1S/C21H14N4O4/c26-20(28-15-7-3-1-4-8-15)17-11-14(19-22-13-23-25-19)12-18(24-17)21(27)29-16-9-5-2-6-10-16/h1-13H,(H,22,23,25). The van der Waals surface area contributed by atoms with E-state index >= 15 is 0 Å². The lowest BCUT2D eigenvalue weighted by atomic mass is 10.1. The van der Waals surface area contributed by atoms with Crippen molar-refractivity contribution < 1.29 is 19.1 Å². The molecule has 29 heavy (non-hydrogen) atoms. The minimum atomic E-state index is -0.716. The summed E-state index contributed by atoms with van der Waals surface area (Å²) in [6, 6.07) is 20.1. The van der Waals surface area contributed by atoms with E-state index in [-0.39, 0.29) is 11.4 Å². The van der Waals surface area contributed by atoms with Gasteiger partial charge in [0.1, 0.15) is 17.8 Å². The zero-order valence-corrected chi connectivity index (χ0v) is 15.0. The molecule has 142 valence electrons. The predicted molar refractivity (Wildman–Crippen MR) is 102 cm³/mol. The third-order valence-corrected chi connectivity index (χ3v) is 3.84. The van der Waals surface area contributed by atoms with Gasteiger partial charge in [-0.25, -0.2) is 19.6 Å². The molecule has 2 aromatic heterocycles. The first-order valence-electron chi connectivity index (χ1n) is 8.61. The average molecular weight is 386 g/mol. The Balaban J connectivity index is 1.67. The normalized spacial score (nSPS) is 10.3. The van der Waals surface area contributed by atoms with Crippen LogP contribution in [0.4, 0.5) is 0 Å². The van der Waals surface area contributed by atoms with Crippen molar-refractivity contribution in [2.24, 2.45) is 0 Å². The van der Waals surface area contributed by atoms with E-state index < -0.39 is 11.9 Å². The SMILES string of the molecule is O=C(Oc1ccccc1)c1cc(-c2ncn[nH]2)cc(C(=O)Oc2ccccc2)n1. The number of hydrogen-bond acceptors (Lipinski definition) is 7. The highest BCUT2D eigenvalue weighted by molar-refractivity contribution is 5.95. The van der Waals surface area contributed by atoms with Gasteiger partial charge in [-0.2, -0.15) is 5.10 Å². The van der Waals surface area contributed by atoms with Crippen molar-refractivity contribution in [2.45, 2.75) is 0 Å². The number of carbonyl (C=O) groups is 2. The number of aromatic amines is 1. The van der Waals surface area contributed by atoms with E-state index in [2.05, 4.69) is 20.2 Å². The van der Waals surface area contributed by atoms with Crippen LogP contribution in [-0.2, 0) is 0 Å². The first-order chi connectivity index (χ1) is 14.2. The summed E-state index contributed by atoms with van der Waals surface area (Å²) in [6.07, 6.45) is 1.32. The Hall–Kier alpha value is -4.33. The first-order valence-corrected chi connectivity index (χ1v) is 8.61. The van der Waals surface area contributed by atoms with Crippen LogP contribution in [0.3, 0.4) is 0 Å². The van der Waals surface area contributed by atoms with E-state index in [1.165, 1.54) is 18.5 Å². The molecule has 2 aromatic carbocycles. The number of esters is 2. The second-order valence-electron chi connectivity index (χ2n) is 5.87. The number of ether oxygens (including phenoxy) is 2. The first kappa shape index (κ1) is 18.1. The van der Waals surface area contributed by atoms with E-state index in [9.17, 15) is 9.59 Å². The van der Waals surface area contributed by atoms with Crippen LogP contribution >= 0.6 is 0 Å². The molecule has 0 amide bonds. The molecule has 8 heteroatoms. The second-order valence-corrected chi connectivity index (χ2v) is 5.87. The zero-order chi connectivity index (χ0) is 20.1. The highest BCUT2D eigenvalue weighted by atomic mass is 16.5. The number of benzene rings is 2. The molecule has 0 unspecified atom stereocenters. The summed E-state index contributed by atoms with van der Waals surface area (Å²) >= 11 is 0. The summed E-state index contributed by atoms with van der Waals surface area (Å²) in [5.74, 6) is -0.344. The number of nitrogens with one attached hydrogen (secondary N) is 1. The third-order valence-electron chi connectivity index (χ3n) is 3.84. The quantitative estimate of drug-likeness (QED) is 0.414. The van der Waals surface area contributed by atoms with Crippen molar-refractivity contribution in [3.05, 3.63) is 90.5 Å². The molecule has 0 radical (unpaired) electrons. The van der Waals surface area contributed by atoms with Crippen LogP contribution in [-0.4, -0.2) is 32.1 Å². The minimum absolute atomic E-state index is 0.0669. The molecule has 0 fully saturated rings. The molecular weight excluding hydrogens is 372 g/mol. The summed E-state index contributed by atoms with van der Waals surface area (Å²) in [4.78, 5) is 33.4. The molecule has 0 aliphatic carbocycles. The average Bonchev–Trinajstić information content (AvgIpc) is 3.30. The van der Waals surface area contributed by atoms with Gasteiger partial charge in [0.2, 0.25) is 0 Å². The summed E-state index contributed by atoms with van der Waals surface area (Å²) in [7, 11) is 0. The summed E-state index contributed by atoms with van der Waals surface area (Å²) in [5.41, 5.74) is 0.308. The van der Waals surface area contributed by atoms with Gasteiger partial charge in [0.15, 0.2) is 17.2 Å². The Labute approximate surface area is 165 Å².